The van der Waals surface area contributed by atoms with E-state index in [2.05, 4.69) is 62.3 Å². The highest BCUT2D eigenvalue weighted by Gasteiger charge is 2.36. The molecule has 1 unspecified atom stereocenters. The number of allylic oxidation sites excluding steroid dienone is 1. The molecule has 8 nitrogen and oxygen atoms in total. The highest BCUT2D eigenvalue weighted by Crippen LogP contribution is 2.40. The topological polar surface area (TPSA) is 87.5 Å². The first-order chi connectivity index (χ1) is 19.0. The molecule has 0 amide bonds. The van der Waals surface area contributed by atoms with Gasteiger partial charge in [0.1, 0.15) is 12.6 Å². The van der Waals surface area contributed by atoms with E-state index in [4.69, 9.17) is 19.3 Å². The number of aromatic nitrogens is 3. The van der Waals surface area contributed by atoms with Crippen LogP contribution in [0.4, 0.5) is 5.95 Å². The summed E-state index contributed by atoms with van der Waals surface area (Å²) in [7, 11) is 1.61. The average Bonchev–Trinajstić information content (AvgIpc) is 3.31. The molecule has 1 N–H and O–H groups in total. The Balaban J connectivity index is 1.66. The number of carbonyl (C=O) groups excluding carboxylic acids is 1. The predicted octanol–water partition coefficient (Wildman–Crippen LogP) is 6.91. The minimum atomic E-state index is -0.543. The maximum Gasteiger partial charge on any atom is 0.338 e. The van der Waals surface area contributed by atoms with Crippen LogP contribution in [0.25, 0.3) is 0 Å². The zero-order chi connectivity index (χ0) is 29.0. The molecule has 1 aliphatic rings. The lowest BCUT2D eigenvalue weighted by Crippen LogP contribution is -2.30. The average molecular weight is 565 g/mol. The number of esters is 1. The second-order valence-corrected chi connectivity index (χ2v) is 12.2. The van der Waals surface area contributed by atoms with Crippen molar-refractivity contribution < 1.29 is 19.0 Å². The van der Waals surface area contributed by atoms with Gasteiger partial charge >= 0.3 is 5.97 Å². The number of nitrogens with one attached hydrogen (secondary N) is 1. The van der Waals surface area contributed by atoms with E-state index in [1.54, 1.807) is 23.6 Å². The van der Waals surface area contributed by atoms with Crippen molar-refractivity contribution in [3.63, 3.8) is 0 Å². The molecular formula is C31H40N4O4S. The standard InChI is InChI=1S/C31H40N4O4S/c1-9-16-40-30-33-29-32-20(4)26(28(36)39-19(2)3)27(35(29)34-30)22-12-15-24(25(17-22)37-8)38-18-21-10-13-23(14-11-21)31(5,6)7/h10-15,17,19,27H,9,16,18H2,1-8H3,(H,32,33,34). The number of anilines is 1. The van der Waals surface area contributed by atoms with Gasteiger partial charge in [-0.15, -0.1) is 5.10 Å². The lowest BCUT2D eigenvalue weighted by molar-refractivity contribution is -0.143. The monoisotopic (exact) mass is 564 g/mol. The van der Waals surface area contributed by atoms with E-state index in [1.165, 1.54) is 5.56 Å². The molecule has 2 heterocycles. The van der Waals surface area contributed by atoms with Crippen LogP contribution in [0.15, 0.2) is 58.9 Å². The molecule has 214 valence electrons. The molecule has 0 bridgehead atoms. The van der Waals surface area contributed by atoms with Gasteiger partial charge in [-0.3, -0.25) is 0 Å². The highest BCUT2D eigenvalue weighted by molar-refractivity contribution is 7.99. The molecule has 1 aromatic heterocycles. The number of thioether (sulfide) groups is 1. The quantitative estimate of drug-likeness (QED) is 0.210. The Bertz CT molecular complexity index is 1370. The lowest BCUT2D eigenvalue weighted by atomic mass is 9.87. The van der Waals surface area contributed by atoms with Crippen LogP contribution in [-0.4, -0.2) is 39.7 Å². The van der Waals surface area contributed by atoms with Crippen molar-refractivity contribution in [2.24, 2.45) is 0 Å². The first kappa shape index (κ1) is 29.5. The van der Waals surface area contributed by atoms with E-state index in [9.17, 15) is 4.79 Å². The Morgan fingerprint density at radius 1 is 1.12 bits per heavy atom. The summed E-state index contributed by atoms with van der Waals surface area (Å²) in [5, 5.41) is 8.67. The van der Waals surface area contributed by atoms with Crippen LogP contribution < -0.4 is 14.8 Å². The molecule has 3 aromatic rings. The van der Waals surface area contributed by atoms with E-state index in [0.717, 1.165) is 23.3 Å². The minimum Gasteiger partial charge on any atom is -0.493 e. The van der Waals surface area contributed by atoms with Crippen molar-refractivity contribution in [3.05, 3.63) is 70.4 Å². The lowest BCUT2D eigenvalue weighted by Gasteiger charge is -2.29. The predicted molar refractivity (Wildman–Crippen MR) is 159 cm³/mol. The molecule has 0 saturated heterocycles. The maximum absolute atomic E-state index is 13.3. The molecule has 0 saturated carbocycles. The molecule has 1 atom stereocenters. The summed E-state index contributed by atoms with van der Waals surface area (Å²) in [6.07, 6.45) is 0.748. The zero-order valence-corrected chi connectivity index (χ0v) is 25.5. The van der Waals surface area contributed by atoms with Gasteiger partial charge in [0.05, 0.1) is 18.8 Å². The van der Waals surface area contributed by atoms with Crippen molar-refractivity contribution in [2.45, 2.75) is 84.2 Å². The largest absolute Gasteiger partial charge is 0.493 e. The van der Waals surface area contributed by atoms with Crippen molar-refractivity contribution in [3.8, 4) is 11.5 Å². The fourth-order valence-electron chi connectivity index (χ4n) is 4.47. The number of carbonyl (C=O) groups is 1. The van der Waals surface area contributed by atoms with Gasteiger partial charge in [0.15, 0.2) is 11.5 Å². The van der Waals surface area contributed by atoms with Gasteiger partial charge in [0.2, 0.25) is 11.1 Å². The molecule has 0 spiro atoms. The second kappa shape index (κ2) is 12.4. The molecule has 9 heteroatoms. The Morgan fingerprint density at radius 2 is 1.85 bits per heavy atom. The van der Waals surface area contributed by atoms with Crippen LogP contribution in [0.1, 0.15) is 77.6 Å². The first-order valence-electron chi connectivity index (χ1n) is 13.7. The van der Waals surface area contributed by atoms with Crippen LogP contribution in [0, 0.1) is 0 Å². The molecule has 1 aliphatic heterocycles. The number of ether oxygens (including phenoxy) is 3. The van der Waals surface area contributed by atoms with Crippen LogP contribution in [0.5, 0.6) is 11.5 Å². The van der Waals surface area contributed by atoms with Crippen LogP contribution in [0.2, 0.25) is 0 Å². The number of methoxy groups -OCH3 is 1. The van der Waals surface area contributed by atoms with Crippen molar-refractivity contribution in [1.82, 2.24) is 14.8 Å². The summed E-state index contributed by atoms with van der Waals surface area (Å²) in [6, 6.07) is 13.7. The number of benzene rings is 2. The van der Waals surface area contributed by atoms with Gasteiger partial charge in [-0.05, 0) is 61.4 Å². The summed E-state index contributed by atoms with van der Waals surface area (Å²) in [4.78, 5) is 18.0. The highest BCUT2D eigenvalue weighted by atomic mass is 32.2. The second-order valence-electron chi connectivity index (χ2n) is 11.2. The molecule has 0 radical (unpaired) electrons. The SMILES string of the molecule is CCCSc1nc2n(n1)C(c1ccc(OCc3ccc(C(C)(C)C)cc3)c(OC)c1)C(C(=O)OC(C)C)=C(C)N2. The van der Waals surface area contributed by atoms with Gasteiger partial charge in [-0.1, -0.05) is 69.8 Å². The van der Waals surface area contributed by atoms with Gasteiger partial charge in [0.25, 0.3) is 0 Å². The van der Waals surface area contributed by atoms with Gasteiger partial charge in [-0.2, -0.15) is 4.98 Å². The number of fused-ring (bicyclic) bond motifs is 1. The van der Waals surface area contributed by atoms with E-state index in [0.29, 0.717) is 40.5 Å². The zero-order valence-electron chi connectivity index (χ0n) is 24.7. The van der Waals surface area contributed by atoms with Crippen LogP contribution in [0.3, 0.4) is 0 Å². The van der Waals surface area contributed by atoms with Crippen molar-refractivity contribution in [1.29, 1.82) is 0 Å². The van der Waals surface area contributed by atoms with Gasteiger partial charge in [0, 0.05) is 11.4 Å². The molecule has 0 aliphatic carbocycles. The molecular weight excluding hydrogens is 524 g/mol. The molecule has 4 rings (SSSR count). The van der Waals surface area contributed by atoms with E-state index < -0.39 is 12.0 Å². The van der Waals surface area contributed by atoms with Crippen molar-refractivity contribution in [2.75, 3.05) is 18.2 Å². The van der Waals surface area contributed by atoms with Gasteiger partial charge < -0.3 is 19.5 Å². The number of hydrogen-bond acceptors (Lipinski definition) is 8. The fourth-order valence-corrected chi connectivity index (χ4v) is 5.15. The number of rotatable bonds is 10. The van der Waals surface area contributed by atoms with E-state index in [-0.39, 0.29) is 11.5 Å². The minimum absolute atomic E-state index is 0.0970. The summed E-state index contributed by atoms with van der Waals surface area (Å²) in [5.74, 6) is 2.28. The smallest absolute Gasteiger partial charge is 0.338 e. The summed E-state index contributed by atoms with van der Waals surface area (Å²) in [5.41, 5.74) is 4.42. The van der Waals surface area contributed by atoms with Crippen molar-refractivity contribution >= 4 is 23.7 Å². The van der Waals surface area contributed by atoms with E-state index in [1.807, 2.05) is 39.0 Å². The van der Waals surface area contributed by atoms with E-state index >= 15 is 0 Å². The third kappa shape index (κ3) is 6.63. The summed E-state index contributed by atoms with van der Waals surface area (Å²) >= 11 is 1.59. The third-order valence-electron chi connectivity index (χ3n) is 6.55. The third-order valence-corrected chi connectivity index (χ3v) is 7.59. The molecule has 2 aromatic carbocycles. The summed E-state index contributed by atoms with van der Waals surface area (Å²) in [6.45, 7) is 14.7. The fraction of sp³-hybridized carbons (Fsp3) is 0.452. The molecule has 40 heavy (non-hydrogen) atoms. The maximum atomic E-state index is 13.3. The Hall–Kier alpha value is -3.46. The first-order valence-corrected chi connectivity index (χ1v) is 14.7. The molecule has 0 fully saturated rings. The van der Waals surface area contributed by atoms with Crippen LogP contribution >= 0.6 is 11.8 Å². The normalized spacial score (nSPS) is 15.1. The summed E-state index contributed by atoms with van der Waals surface area (Å²) < 4.78 is 19.3. The van der Waals surface area contributed by atoms with Crippen LogP contribution in [-0.2, 0) is 21.6 Å². The Labute approximate surface area is 241 Å². The Morgan fingerprint density at radius 3 is 2.48 bits per heavy atom. The Kier molecular flexibility index (Phi) is 9.13. The number of nitrogens with zero attached hydrogens (tertiary/aromatic N) is 3. The van der Waals surface area contributed by atoms with Gasteiger partial charge in [-0.25, -0.2) is 9.48 Å². The number of hydrogen-bond donors (Lipinski definition) is 1.